The number of aliphatic carboxylic acids is 1. The molecule has 3 amide bonds. The molecule has 0 saturated carbocycles. The predicted octanol–water partition coefficient (Wildman–Crippen LogP) is 1.75. The van der Waals surface area contributed by atoms with Gasteiger partial charge in [0.05, 0.1) is 18.9 Å². The molecular formula is C22H38N4O6. The molecule has 10 nitrogen and oxygen atoms in total. The van der Waals surface area contributed by atoms with E-state index in [-0.39, 0.29) is 32.0 Å². The van der Waals surface area contributed by atoms with E-state index in [0.29, 0.717) is 38.1 Å². The molecule has 0 aliphatic carbocycles. The van der Waals surface area contributed by atoms with Crippen LogP contribution in [0.3, 0.4) is 0 Å². The van der Waals surface area contributed by atoms with Crippen LogP contribution in [0.5, 0.6) is 0 Å². The highest BCUT2D eigenvalue weighted by atomic mass is 16.6. The van der Waals surface area contributed by atoms with Crippen LogP contribution >= 0.6 is 0 Å². The minimum absolute atomic E-state index is 0.0527. The molecule has 0 aromatic carbocycles. The third-order valence-electron chi connectivity index (χ3n) is 6.08. The van der Waals surface area contributed by atoms with Crippen molar-refractivity contribution in [3.05, 3.63) is 0 Å². The fourth-order valence-corrected chi connectivity index (χ4v) is 4.12. The lowest BCUT2D eigenvalue weighted by Crippen LogP contribution is -2.53. The average molecular weight is 455 g/mol. The van der Waals surface area contributed by atoms with Crippen LogP contribution in [-0.4, -0.2) is 78.2 Å². The summed E-state index contributed by atoms with van der Waals surface area (Å²) in [5, 5.41) is 13.0. The van der Waals surface area contributed by atoms with Crippen LogP contribution in [0.2, 0.25) is 0 Å². The molecule has 32 heavy (non-hydrogen) atoms. The molecule has 0 spiro atoms. The fourth-order valence-electron chi connectivity index (χ4n) is 4.12. The van der Waals surface area contributed by atoms with E-state index in [9.17, 15) is 19.2 Å². The molecule has 10 heteroatoms. The number of carbonyl (C=O) groups is 4. The smallest absolute Gasteiger partial charge is 0.431 e. The Morgan fingerprint density at radius 3 is 2.59 bits per heavy atom. The minimum atomic E-state index is -1.03. The molecule has 2 heterocycles. The van der Waals surface area contributed by atoms with Crippen LogP contribution in [0.4, 0.5) is 4.79 Å². The lowest BCUT2D eigenvalue weighted by molar-refractivity contribution is -0.143. The van der Waals surface area contributed by atoms with Crippen molar-refractivity contribution in [3.63, 3.8) is 0 Å². The molecule has 2 aliphatic rings. The molecule has 0 aromatic heterocycles. The summed E-state index contributed by atoms with van der Waals surface area (Å²) in [7, 11) is 0. The van der Waals surface area contributed by atoms with E-state index in [1.54, 1.807) is 4.90 Å². The highest BCUT2D eigenvalue weighted by Crippen LogP contribution is 2.22. The molecule has 2 fully saturated rings. The number of hydrogen-bond donors (Lipinski definition) is 3. The van der Waals surface area contributed by atoms with Gasteiger partial charge < -0.3 is 20.1 Å². The van der Waals surface area contributed by atoms with Crippen LogP contribution in [-0.2, 0) is 19.1 Å². The third-order valence-corrected chi connectivity index (χ3v) is 6.08. The second kappa shape index (κ2) is 14.1. The van der Waals surface area contributed by atoms with Gasteiger partial charge in [0, 0.05) is 26.1 Å². The van der Waals surface area contributed by atoms with Gasteiger partial charge in [0.25, 0.3) is 5.91 Å². The van der Waals surface area contributed by atoms with Gasteiger partial charge >= 0.3 is 12.1 Å². The zero-order valence-electron chi connectivity index (χ0n) is 19.1. The number of likely N-dealkylation sites (tertiary alicyclic amines) is 1. The largest absolute Gasteiger partial charge is 0.481 e. The van der Waals surface area contributed by atoms with Gasteiger partial charge in [-0.15, -0.1) is 0 Å². The molecular weight excluding hydrogens is 416 g/mol. The molecule has 1 atom stereocenters. The number of piperidine rings is 2. The zero-order chi connectivity index (χ0) is 23.3. The molecule has 0 aromatic rings. The van der Waals surface area contributed by atoms with Crippen molar-refractivity contribution in [1.29, 1.82) is 0 Å². The quantitative estimate of drug-likeness (QED) is 0.318. The average Bonchev–Trinajstić information content (AvgIpc) is 2.80. The number of nitrogens with zero attached hydrogens (tertiary/aromatic N) is 2. The normalized spacial score (nSPS) is 19.4. The maximum atomic E-state index is 13.1. The number of carboxylic acid groups (broad SMARTS) is 1. The van der Waals surface area contributed by atoms with Gasteiger partial charge in [0.15, 0.2) is 0 Å². The first kappa shape index (κ1) is 26.1. The van der Waals surface area contributed by atoms with E-state index in [2.05, 4.69) is 10.7 Å². The molecule has 182 valence electrons. The Hall–Kier alpha value is -2.20. The van der Waals surface area contributed by atoms with Gasteiger partial charge in [0.1, 0.15) is 0 Å². The summed E-state index contributed by atoms with van der Waals surface area (Å²) in [6, 6.07) is 0. The van der Waals surface area contributed by atoms with Crippen LogP contribution < -0.4 is 10.7 Å². The van der Waals surface area contributed by atoms with Gasteiger partial charge in [-0.25, -0.2) is 10.2 Å². The number of carboxylic acids is 1. The van der Waals surface area contributed by atoms with Crippen molar-refractivity contribution in [2.75, 3.05) is 39.3 Å². The highest BCUT2D eigenvalue weighted by molar-refractivity contribution is 5.93. The number of amides is 3. The Labute approximate surface area is 190 Å². The van der Waals surface area contributed by atoms with Crippen molar-refractivity contribution in [1.82, 2.24) is 20.7 Å². The molecule has 2 saturated heterocycles. The number of imide groups is 1. The van der Waals surface area contributed by atoms with Gasteiger partial charge in [-0.2, -0.15) is 5.01 Å². The van der Waals surface area contributed by atoms with Gasteiger partial charge in [0.2, 0.25) is 5.91 Å². The Morgan fingerprint density at radius 2 is 1.91 bits per heavy atom. The van der Waals surface area contributed by atoms with E-state index >= 15 is 0 Å². The Bertz CT molecular complexity index is 638. The highest BCUT2D eigenvalue weighted by Gasteiger charge is 2.34. The van der Waals surface area contributed by atoms with Crippen molar-refractivity contribution >= 4 is 23.9 Å². The van der Waals surface area contributed by atoms with Crippen molar-refractivity contribution in [2.24, 2.45) is 11.8 Å². The van der Waals surface area contributed by atoms with Crippen LogP contribution in [0.25, 0.3) is 0 Å². The Morgan fingerprint density at radius 1 is 1.16 bits per heavy atom. The van der Waals surface area contributed by atoms with Crippen LogP contribution in [0.1, 0.15) is 64.7 Å². The fraction of sp³-hybridized carbons (Fsp3) is 0.818. The maximum absolute atomic E-state index is 13.1. The minimum Gasteiger partial charge on any atom is -0.481 e. The number of rotatable bonds is 11. The van der Waals surface area contributed by atoms with Crippen molar-refractivity contribution < 1.29 is 29.0 Å². The Balaban J connectivity index is 1.91. The Kier molecular flexibility index (Phi) is 11.4. The first-order valence-corrected chi connectivity index (χ1v) is 11.9. The first-order chi connectivity index (χ1) is 15.4. The summed E-state index contributed by atoms with van der Waals surface area (Å²) >= 11 is 0. The molecule has 0 unspecified atom stereocenters. The molecule has 2 rings (SSSR count). The summed E-state index contributed by atoms with van der Waals surface area (Å²) in [6.07, 6.45) is 5.21. The SMILES string of the molecule is CCCCOC(=O)N(NCCC(=O)O)C(=O)[C@@H]1CCCN(C(=O)CCC2CCNCC2)C1. The van der Waals surface area contributed by atoms with Gasteiger partial charge in [-0.3, -0.25) is 14.4 Å². The number of carbonyl (C=O) groups excluding carboxylic acids is 3. The lowest BCUT2D eigenvalue weighted by Gasteiger charge is -2.34. The van der Waals surface area contributed by atoms with Crippen LogP contribution in [0.15, 0.2) is 0 Å². The van der Waals surface area contributed by atoms with E-state index < -0.39 is 23.9 Å². The number of hydrogen-bond acceptors (Lipinski definition) is 7. The summed E-state index contributed by atoms with van der Waals surface area (Å²) in [5.74, 6) is -1.42. The predicted molar refractivity (Wildman–Crippen MR) is 117 cm³/mol. The van der Waals surface area contributed by atoms with Gasteiger partial charge in [-0.05, 0) is 57.5 Å². The summed E-state index contributed by atoms with van der Waals surface area (Å²) < 4.78 is 5.16. The van der Waals surface area contributed by atoms with E-state index in [0.717, 1.165) is 43.8 Å². The summed E-state index contributed by atoms with van der Waals surface area (Å²) in [5.41, 5.74) is 2.61. The number of nitrogens with one attached hydrogen (secondary N) is 2. The second-order valence-electron chi connectivity index (χ2n) is 8.60. The molecule has 0 bridgehead atoms. The zero-order valence-corrected chi connectivity index (χ0v) is 19.1. The van der Waals surface area contributed by atoms with Crippen molar-refractivity contribution in [3.8, 4) is 0 Å². The monoisotopic (exact) mass is 454 g/mol. The van der Waals surface area contributed by atoms with E-state index in [1.807, 2.05) is 6.92 Å². The van der Waals surface area contributed by atoms with E-state index in [4.69, 9.17) is 9.84 Å². The molecule has 3 N–H and O–H groups in total. The van der Waals surface area contributed by atoms with Gasteiger partial charge in [-0.1, -0.05) is 13.3 Å². The number of hydrazine groups is 1. The second-order valence-corrected chi connectivity index (χ2v) is 8.60. The standard InChI is InChI=1S/C22H38N4O6/c1-2-3-15-32-22(31)26(24-13-10-20(28)29)21(30)18-5-4-14-25(16-18)19(27)7-6-17-8-11-23-12-9-17/h17-18,23-24H,2-16H2,1H3,(H,28,29)/t18-/m1/s1. The maximum Gasteiger partial charge on any atom is 0.431 e. The summed E-state index contributed by atoms with van der Waals surface area (Å²) in [4.78, 5) is 50.8. The van der Waals surface area contributed by atoms with Crippen molar-refractivity contribution in [2.45, 2.75) is 64.7 Å². The molecule has 0 radical (unpaired) electrons. The first-order valence-electron chi connectivity index (χ1n) is 11.9. The van der Waals surface area contributed by atoms with E-state index in [1.165, 1.54) is 0 Å². The number of ether oxygens (including phenoxy) is 1. The van der Waals surface area contributed by atoms with Crippen LogP contribution in [0, 0.1) is 11.8 Å². The molecule has 2 aliphatic heterocycles. The third kappa shape index (κ3) is 8.74. The number of unbranched alkanes of at least 4 members (excludes halogenated alkanes) is 1. The summed E-state index contributed by atoms with van der Waals surface area (Å²) in [6.45, 7) is 4.95. The lowest BCUT2D eigenvalue weighted by atomic mass is 9.92. The topological polar surface area (TPSA) is 128 Å².